The first-order valence-corrected chi connectivity index (χ1v) is 6.31. The quantitative estimate of drug-likeness (QED) is 0.897. The van der Waals surface area contributed by atoms with Crippen LogP contribution in [0.1, 0.15) is 34.5 Å². The average molecular weight is 273 g/mol. The van der Waals surface area contributed by atoms with Gasteiger partial charge in [-0.25, -0.2) is 4.39 Å². The predicted molar refractivity (Wildman–Crippen MR) is 74.4 cm³/mol. The van der Waals surface area contributed by atoms with Crippen LogP contribution in [0.25, 0.3) is 0 Å². The van der Waals surface area contributed by atoms with Crippen LogP contribution in [-0.2, 0) is 6.54 Å². The van der Waals surface area contributed by atoms with Crippen LogP contribution in [0, 0.1) is 5.82 Å². The fourth-order valence-corrected chi connectivity index (χ4v) is 1.86. The molecule has 104 valence electrons. The summed E-state index contributed by atoms with van der Waals surface area (Å²) in [6.07, 6.45) is 2.41. The van der Waals surface area contributed by atoms with Gasteiger partial charge in [0.05, 0.1) is 17.8 Å². The van der Waals surface area contributed by atoms with Crippen molar-refractivity contribution in [2.45, 2.75) is 19.5 Å². The first-order valence-electron chi connectivity index (χ1n) is 6.31. The summed E-state index contributed by atoms with van der Waals surface area (Å²) in [6, 6.07) is 8.75. The number of carbonyl (C=O) groups is 1. The number of halogens is 1. The molecule has 1 aromatic carbocycles. The molecule has 1 unspecified atom stereocenters. The van der Waals surface area contributed by atoms with E-state index in [9.17, 15) is 9.18 Å². The average Bonchev–Trinajstić information content (AvgIpc) is 2.47. The Bertz CT molecular complexity index is 598. The highest BCUT2D eigenvalue weighted by molar-refractivity contribution is 5.94. The molecule has 0 spiro atoms. The van der Waals surface area contributed by atoms with Crippen LogP contribution in [-0.4, -0.2) is 10.9 Å². The lowest BCUT2D eigenvalue weighted by molar-refractivity contribution is 0.0935. The Labute approximate surface area is 116 Å². The summed E-state index contributed by atoms with van der Waals surface area (Å²) in [4.78, 5) is 15.6. The second-order valence-corrected chi connectivity index (χ2v) is 4.50. The summed E-state index contributed by atoms with van der Waals surface area (Å²) < 4.78 is 13.5. The second-order valence-electron chi connectivity index (χ2n) is 4.50. The van der Waals surface area contributed by atoms with Crippen molar-refractivity contribution >= 4 is 5.91 Å². The lowest BCUT2D eigenvalue weighted by Gasteiger charge is -2.15. The minimum absolute atomic E-state index is 0.00886. The number of aromatic nitrogens is 1. The summed E-state index contributed by atoms with van der Waals surface area (Å²) in [6.45, 7) is 2.32. The number of carbonyl (C=O) groups excluding carboxylic acids is 1. The Morgan fingerprint density at radius 3 is 2.65 bits per heavy atom. The molecule has 4 nitrogen and oxygen atoms in total. The Hall–Kier alpha value is -2.27. The number of benzene rings is 1. The van der Waals surface area contributed by atoms with Crippen LogP contribution in [0.3, 0.4) is 0 Å². The maximum absolute atomic E-state index is 13.5. The maximum Gasteiger partial charge on any atom is 0.254 e. The summed E-state index contributed by atoms with van der Waals surface area (Å²) in [5.74, 6) is -1.09. The normalized spacial score (nSPS) is 11.9. The van der Waals surface area contributed by atoms with Crippen LogP contribution in [0.15, 0.2) is 42.7 Å². The molecule has 0 aliphatic carbocycles. The number of pyridine rings is 1. The number of nitrogens with zero attached hydrogens (tertiary/aromatic N) is 1. The van der Waals surface area contributed by atoms with Crippen molar-refractivity contribution in [1.82, 2.24) is 10.3 Å². The third kappa shape index (κ3) is 3.19. The molecule has 0 bridgehead atoms. The smallest absolute Gasteiger partial charge is 0.254 e. The van der Waals surface area contributed by atoms with Crippen molar-refractivity contribution in [3.05, 3.63) is 65.2 Å². The molecule has 1 atom stereocenters. The van der Waals surface area contributed by atoms with E-state index in [1.165, 1.54) is 12.3 Å². The van der Waals surface area contributed by atoms with Crippen molar-refractivity contribution < 1.29 is 9.18 Å². The zero-order chi connectivity index (χ0) is 14.5. The number of rotatable bonds is 4. The number of nitrogens with one attached hydrogen (secondary N) is 1. The largest absolute Gasteiger partial charge is 0.345 e. The number of hydrogen-bond acceptors (Lipinski definition) is 3. The molecule has 1 aromatic heterocycles. The Balaban J connectivity index is 2.09. The van der Waals surface area contributed by atoms with Crippen molar-refractivity contribution in [2.24, 2.45) is 5.73 Å². The van der Waals surface area contributed by atoms with Gasteiger partial charge in [0.1, 0.15) is 0 Å². The van der Waals surface area contributed by atoms with Gasteiger partial charge in [-0.2, -0.15) is 0 Å². The van der Waals surface area contributed by atoms with Gasteiger partial charge in [0, 0.05) is 12.7 Å². The second kappa shape index (κ2) is 6.25. The van der Waals surface area contributed by atoms with Crippen LogP contribution in [0.2, 0.25) is 0 Å². The highest BCUT2D eigenvalue weighted by Crippen LogP contribution is 2.14. The van der Waals surface area contributed by atoms with Crippen LogP contribution in [0.4, 0.5) is 4.39 Å². The van der Waals surface area contributed by atoms with Crippen LogP contribution < -0.4 is 11.1 Å². The van der Waals surface area contributed by atoms with Gasteiger partial charge in [-0.3, -0.25) is 9.78 Å². The molecule has 20 heavy (non-hydrogen) atoms. The number of amides is 1. The van der Waals surface area contributed by atoms with E-state index in [4.69, 9.17) is 5.73 Å². The fourth-order valence-electron chi connectivity index (χ4n) is 1.86. The van der Waals surface area contributed by atoms with Gasteiger partial charge in [0.25, 0.3) is 5.91 Å². The Morgan fingerprint density at radius 2 is 2.05 bits per heavy atom. The van der Waals surface area contributed by atoms with Gasteiger partial charge in [-0.15, -0.1) is 0 Å². The van der Waals surface area contributed by atoms with Gasteiger partial charge >= 0.3 is 0 Å². The van der Waals surface area contributed by atoms with Gasteiger partial charge in [0.2, 0.25) is 0 Å². The SMILES string of the molecule is CC(NC(=O)c1ccncc1F)c1ccc(CN)cc1. The summed E-state index contributed by atoms with van der Waals surface area (Å²) in [5.41, 5.74) is 7.48. The number of nitrogens with two attached hydrogens (primary N) is 1. The first-order chi connectivity index (χ1) is 9.61. The Kier molecular flexibility index (Phi) is 4.42. The third-order valence-electron chi connectivity index (χ3n) is 3.08. The molecule has 0 saturated heterocycles. The van der Waals surface area contributed by atoms with E-state index in [1.54, 1.807) is 0 Å². The van der Waals surface area contributed by atoms with Crippen molar-refractivity contribution in [3.8, 4) is 0 Å². The Morgan fingerprint density at radius 1 is 1.35 bits per heavy atom. The van der Waals surface area contributed by atoms with Gasteiger partial charge in [0.15, 0.2) is 5.82 Å². The third-order valence-corrected chi connectivity index (χ3v) is 3.08. The molecular formula is C15H16FN3O. The molecule has 0 saturated carbocycles. The van der Waals surface area contributed by atoms with Gasteiger partial charge < -0.3 is 11.1 Å². The molecule has 0 aliphatic heterocycles. The van der Waals surface area contributed by atoms with E-state index in [1.807, 2.05) is 31.2 Å². The predicted octanol–water partition coefficient (Wildman–Crippen LogP) is 2.17. The minimum atomic E-state index is -0.629. The van der Waals surface area contributed by atoms with Gasteiger partial charge in [-0.05, 0) is 24.1 Å². The first kappa shape index (κ1) is 14.1. The molecule has 3 N–H and O–H groups in total. The number of hydrogen-bond donors (Lipinski definition) is 2. The standard InChI is InChI=1S/C15H16FN3O/c1-10(12-4-2-11(8-17)3-5-12)19-15(20)13-6-7-18-9-14(13)16/h2-7,9-10H,8,17H2,1H3,(H,19,20). The molecule has 0 fully saturated rings. The fraction of sp³-hybridized carbons (Fsp3) is 0.200. The zero-order valence-electron chi connectivity index (χ0n) is 11.1. The van der Waals surface area contributed by atoms with Crippen molar-refractivity contribution in [2.75, 3.05) is 0 Å². The molecule has 1 heterocycles. The van der Waals surface area contributed by atoms with Crippen molar-refractivity contribution in [3.63, 3.8) is 0 Å². The highest BCUT2D eigenvalue weighted by atomic mass is 19.1. The van der Waals surface area contributed by atoms with E-state index >= 15 is 0 Å². The molecular weight excluding hydrogens is 257 g/mol. The topological polar surface area (TPSA) is 68.0 Å². The molecule has 5 heteroatoms. The van der Waals surface area contributed by atoms with Gasteiger partial charge in [-0.1, -0.05) is 24.3 Å². The molecule has 1 amide bonds. The van der Waals surface area contributed by atoms with E-state index in [2.05, 4.69) is 10.3 Å². The molecule has 0 aliphatic rings. The lowest BCUT2D eigenvalue weighted by atomic mass is 10.1. The summed E-state index contributed by atoms with van der Waals surface area (Å²) in [7, 11) is 0. The maximum atomic E-state index is 13.5. The summed E-state index contributed by atoms with van der Waals surface area (Å²) in [5, 5.41) is 2.75. The molecule has 2 rings (SSSR count). The highest BCUT2D eigenvalue weighted by Gasteiger charge is 2.14. The van der Waals surface area contributed by atoms with E-state index in [0.717, 1.165) is 17.3 Å². The van der Waals surface area contributed by atoms with E-state index in [0.29, 0.717) is 6.54 Å². The van der Waals surface area contributed by atoms with E-state index in [-0.39, 0.29) is 11.6 Å². The zero-order valence-corrected chi connectivity index (χ0v) is 11.1. The van der Waals surface area contributed by atoms with Crippen LogP contribution in [0.5, 0.6) is 0 Å². The lowest BCUT2D eigenvalue weighted by Crippen LogP contribution is -2.27. The van der Waals surface area contributed by atoms with E-state index < -0.39 is 11.7 Å². The van der Waals surface area contributed by atoms with Crippen LogP contribution >= 0.6 is 0 Å². The minimum Gasteiger partial charge on any atom is -0.345 e. The molecule has 2 aromatic rings. The molecule has 0 radical (unpaired) electrons. The van der Waals surface area contributed by atoms with Crippen molar-refractivity contribution in [1.29, 1.82) is 0 Å². The summed E-state index contributed by atoms with van der Waals surface area (Å²) >= 11 is 0. The monoisotopic (exact) mass is 273 g/mol.